The number of unbranched alkanes of at least 4 members (excludes halogenated alkanes) is 1. The van der Waals surface area contributed by atoms with E-state index in [9.17, 15) is 5.11 Å². The van der Waals surface area contributed by atoms with Crippen LogP contribution < -0.4 is 5.32 Å². The van der Waals surface area contributed by atoms with Crippen molar-refractivity contribution in [3.8, 4) is 6.07 Å². The Kier molecular flexibility index (Phi) is 6.29. The first-order valence-electron chi connectivity index (χ1n) is 7.71. The highest BCUT2D eigenvalue weighted by atomic mass is 16.3. The van der Waals surface area contributed by atoms with E-state index in [0.717, 1.165) is 51.6 Å². The highest BCUT2D eigenvalue weighted by Gasteiger charge is 2.31. The van der Waals surface area contributed by atoms with Gasteiger partial charge in [-0.3, -0.25) is 0 Å². The Morgan fingerprint density at radius 3 is 2.79 bits per heavy atom. The van der Waals surface area contributed by atoms with Gasteiger partial charge in [0.25, 0.3) is 0 Å². The molecule has 19 heavy (non-hydrogen) atoms. The summed E-state index contributed by atoms with van der Waals surface area (Å²) in [5.41, 5.74) is -0.680. The fourth-order valence-electron chi connectivity index (χ4n) is 2.99. The van der Waals surface area contributed by atoms with E-state index in [1.165, 1.54) is 6.42 Å². The quantitative estimate of drug-likeness (QED) is 0.696. The van der Waals surface area contributed by atoms with Crippen LogP contribution in [-0.4, -0.2) is 23.8 Å². The van der Waals surface area contributed by atoms with Crippen LogP contribution in [0.3, 0.4) is 0 Å². The monoisotopic (exact) mass is 266 g/mol. The van der Waals surface area contributed by atoms with E-state index < -0.39 is 5.60 Å². The zero-order valence-electron chi connectivity index (χ0n) is 12.8. The Hall–Kier alpha value is -0.590. The van der Waals surface area contributed by atoms with Crippen molar-refractivity contribution in [1.29, 1.82) is 5.26 Å². The van der Waals surface area contributed by atoms with Crippen LogP contribution in [0.4, 0.5) is 0 Å². The maximum atomic E-state index is 10.5. The molecule has 2 atom stereocenters. The lowest BCUT2D eigenvalue weighted by Gasteiger charge is -2.35. The van der Waals surface area contributed by atoms with Crippen LogP contribution in [0.25, 0.3) is 0 Å². The van der Waals surface area contributed by atoms with Crippen LogP contribution in [0, 0.1) is 22.7 Å². The molecular formula is C16H30N2O. The second kappa shape index (κ2) is 7.26. The molecule has 0 aliphatic heterocycles. The zero-order valence-corrected chi connectivity index (χ0v) is 12.8. The molecule has 0 heterocycles. The SMILES string of the molecule is CC1CCCC(O)(CNCCCCC(C)(C)C#N)C1. The minimum absolute atomic E-state index is 0.197. The summed E-state index contributed by atoms with van der Waals surface area (Å²) >= 11 is 0. The minimum atomic E-state index is -0.483. The molecule has 3 heteroatoms. The average molecular weight is 266 g/mol. The number of nitrogens with one attached hydrogen (secondary N) is 1. The van der Waals surface area contributed by atoms with Gasteiger partial charge in [-0.05, 0) is 52.0 Å². The highest BCUT2D eigenvalue weighted by Crippen LogP contribution is 2.31. The van der Waals surface area contributed by atoms with Crippen molar-refractivity contribution in [2.24, 2.45) is 11.3 Å². The average Bonchev–Trinajstić information content (AvgIpc) is 2.33. The molecule has 0 saturated heterocycles. The van der Waals surface area contributed by atoms with E-state index in [-0.39, 0.29) is 5.41 Å². The van der Waals surface area contributed by atoms with Gasteiger partial charge < -0.3 is 10.4 Å². The van der Waals surface area contributed by atoms with Crippen molar-refractivity contribution in [1.82, 2.24) is 5.32 Å². The molecule has 0 aromatic heterocycles. The smallest absolute Gasteiger partial charge is 0.0774 e. The van der Waals surface area contributed by atoms with Crippen LogP contribution in [-0.2, 0) is 0 Å². The Bertz CT molecular complexity index is 308. The molecule has 1 fully saturated rings. The van der Waals surface area contributed by atoms with Crippen LogP contribution in [0.15, 0.2) is 0 Å². The molecule has 0 bridgehead atoms. The second-order valence-corrected chi connectivity index (χ2v) is 7.06. The van der Waals surface area contributed by atoms with Gasteiger partial charge in [0.05, 0.1) is 17.1 Å². The Balaban J connectivity index is 2.09. The first kappa shape index (κ1) is 16.5. The third-order valence-electron chi connectivity index (χ3n) is 4.23. The number of rotatable bonds is 7. The predicted octanol–water partition coefficient (Wildman–Crippen LogP) is 3.24. The number of hydrogen-bond acceptors (Lipinski definition) is 3. The van der Waals surface area contributed by atoms with Crippen LogP contribution in [0.5, 0.6) is 0 Å². The molecule has 2 unspecified atom stereocenters. The molecule has 1 saturated carbocycles. The van der Waals surface area contributed by atoms with Crippen LogP contribution in [0.2, 0.25) is 0 Å². The molecule has 0 radical (unpaired) electrons. The van der Waals surface area contributed by atoms with E-state index in [2.05, 4.69) is 18.3 Å². The van der Waals surface area contributed by atoms with Gasteiger partial charge in [-0.15, -0.1) is 0 Å². The third-order valence-corrected chi connectivity index (χ3v) is 4.23. The van der Waals surface area contributed by atoms with Gasteiger partial charge in [-0.1, -0.05) is 26.2 Å². The van der Waals surface area contributed by atoms with Gasteiger partial charge in [-0.25, -0.2) is 0 Å². The summed E-state index contributed by atoms with van der Waals surface area (Å²) in [5, 5.41) is 22.8. The minimum Gasteiger partial charge on any atom is -0.389 e. The van der Waals surface area contributed by atoms with Gasteiger partial charge in [0.15, 0.2) is 0 Å². The normalized spacial score (nSPS) is 28.1. The standard InChI is InChI=1S/C16H30N2O/c1-14-7-6-9-16(19,11-14)13-18-10-5-4-8-15(2,3)12-17/h14,18-19H,4-11,13H2,1-3H3. The maximum Gasteiger partial charge on any atom is 0.0774 e. The number of nitrogens with zero attached hydrogens (tertiary/aromatic N) is 1. The number of aliphatic hydroxyl groups is 1. The first-order chi connectivity index (χ1) is 8.87. The van der Waals surface area contributed by atoms with Gasteiger partial charge in [0, 0.05) is 6.54 Å². The van der Waals surface area contributed by atoms with E-state index in [1.807, 2.05) is 13.8 Å². The van der Waals surface area contributed by atoms with Crippen molar-refractivity contribution in [3.63, 3.8) is 0 Å². The summed E-state index contributed by atoms with van der Waals surface area (Å²) in [4.78, 5) is 0. The Labute approximate surface area is 118 Å². The molecule has 1 aliphatic rings. The summed E-state index contributed by atoms with van der Waals surface area (Å²) in [6.07, 6.45) is 7.38. The maximum absolute atomic E-state index is 10.5. The summed E-state index contributed by atoms with van der Waals surface area (Å²) in [6.45, 7) is 7.88. The topological polar surface area (TPSA) is 56.0 Å². The van der Waals surface area contributed by atoms with Gasteiger partial charge in [0.2, 0.25) is 0 Å². The molecule has 0 aromatic carbocycles. The van der Waals surface area contributed by atoms with Crippen molar-refractivity contribution in [3.05, 3.63) is 0 Å². The number of hydrogen-bond donors (Lipinski definition) is 2. The lowest BCUT2D eigenvalue weighted by atomic mass is 9.79. The second-order valence-electron chi connectivity index (χ2n) is 7.06. The summed E-state index contributed by atoms with van der Waals surface area (Å²) < 4.78 is 0. The van der Waals surface area contributed by atoms with Crippen LogP contribution in [0.1, 0.15) is 65.7 Å². The highest BCUT2D eigenvalue weighted by molar-refractivity contribution is 4.91. The molecule has 0 amide bonds. The molecule has 2 N–H and O–H groups in total. The summed E-state index contributed by atoms with van der Waals surface area (Å²) in [5.74, 6) is 0.650. The van der Waals surface area contributed by atoms with Crippen molar-refractivity contribution < 1.29 is 5.11 Å². The van der Waals surface area contributed by atoms with Gasteiger partial charge in [0.1, 0.15) is 0 Å². The zero-order chi connectivity index (χ0) is 14.4. The lowest BCUT2D eigenvalue weighted by molar-refractivity contribution is -0.0116. The van der Waals surface area contributed by atoms with Crippen molar-refractivity contribution >= 4 is 0 Å². The van der Waals surface area contributed by atoms with Crippen LogP contribution >= 0.6 is 0 Å². The molecule has 110 valence electrons. The lowest BCUT2D eigenvalue weighted by Crippen LogP contribution is -2.44. The first-order valence-corrected chi connectivity index (χ1v) is 7.71. The van der Waals surface area contributed by atoms with Gasteiger partial charge >= 0.3 is 0 Å². The molecule has 1 rings (SSSR count). The fraction of sp³-hybridized carbons (Fsp3) is 0.938. The third kappa shape index (κ3) is 6.40. The van der Waals surface area contributed by atoms with E-state index >= 15 is 0 Å². The molecule has 1 aliphatic carbocycles. The van der Waals surface area contributed by atoms with E-state index in [0.29, 0.717) is 5.92 Å². The number of nitriles is 1. The molecule has 3 nitrogen and oxygen atoms in total. The Morgan fingerprint density at radius 1 is 1.42 bits per heavy atom. The predicted molar refractivity (Wildman–Crippen MR) is 78.7 cm³/mol. The fourth-order valence-corrected chi connectivity index (χ4v) is 2.99. The van der Waals surface area contributed by atoms with Gasteiger partial charge in [-0.2, -0.15) is 5.26 Å². The molecule has 0 spiro atoms. The van der Waals surface area contributed by atoms with Crippen molar-refractivity contribution in [2.45, 2.75) is 71.3 Å². The van der Waals surface area contributed by atoms with Crippen molar-refractivity contribution in [2.75, 3.05) is 13.1 Å². The molecule has 0 aromatic rings. The summed E-state index contributed by atoms with van der Waals surface area (Å²) in [7, 11) is 0. The molecular weight excluding hydrogens is 236 g/mol. The van der Waals surface area contributed by atoms with E-state index in [1.54, 1.807) is 0 Å². The summed E-state index contributed by atoms with van der Waals surface area (Å²) in [6, 6.07) is 2.33. The largest absolute Gasteiger partial charge is 0.389 e. The Morgan fingerprint density at radius 2 is 2.16 bits per heavy atom. The van der Waals surface area contributed by atoms with E-state index in [4.69, 9.17) is 5.26 Å².